The number of anilines is 1. The summed E-state index contributed by atoms with van der Waals surface area (Å²) in [4.78, 5) is 7.08. The lowest BCUT2D eigenvalue weighted by atomic mass is 10.1. The molecule has 1 fully saturated rings. The third kappa shape index (κ3) is 3.69. The quantitative estimate of drug-likeness (QED) is 0.816. The number of nitrogens with zero attached hydrogens (tertiary/aromatic N) is 2. The van der Waals surface area contributed by atoms with Crippen molar-refractivity contribution in [1.29, 1.82) is 0 Å². The molecule has 0 atom stereocenters. The summed E-state index contributed by atoms with van der Waals surface area (Å²) in [5, 5.41) is 3.55. The van der Waals surface area contributed by atoms with Gasteiger partial charge in [-0.2, -0.15) is 0 Å². The third-order valence-corrected chi connectivity index (χ3v) is 4.19. The standard InChI is InChI=1S/C16H27N3/c1-5-15(6-2)19(4)16-10-7-13(12(3)18-16)11-17-14-8-9-14/h7,10,14-15,17H,5-6,8-9,11H2,1-4H3. The number of rotatable bonds is 7. The monoisotopic (exact) mass is 261 g/mol. The lowest BCUT2D eigenvalue weighted by Gasteiger charge is -2.27. The van der Waals surface area contributed by atoms with Crippen LogP contribution < -0.4 is 10.2 Å². The third-order valence-electron chi connectivity index (χ3n) is 4.19. The summed E-state index contributed by atoms with van der Waals surface area (Å²) in [5.74, 6) is 1.10. The topological polar surface area (TPSA) is 28.2 Å². The fourth-order valence-corrected chi connectivity index (χ4v) is 2.53. The van der Waals surface area contributed by atoms with Crippen LogP contribution in [0.4, 0.5) is 5.82 Å². The average Bonchev–Trinajstić information content (AvgIpc) is 3.22. The molecule has 1 aromatic rings. The fraction of sp³-hybridized carbons (Fsp3) is 0.688. The van der Waals surface area contributed by atoms with Crippen molar-refractivity contribution in [1.82, 2.24) is 10.3 Å². The largest absolute Gasteiger partial charge is 0.357 e. The zero-order chi connectivity index (χ0) is 13.8. The highest BCUT2D eigenvalue weighted by Crippen LogP contribution is 2.21. The first-order chi connectivity index (χ1) is 9.15. The molecular weight excluding hydrogens is 234 g/mol. The number of pyridine rings is 1. The van der Waals surface area contributed by atoms with Crippen LogP contribution in [0.1, 0.15) is 50.8 Å². The van der Waals surface area contributed by atoms with Crippen LogP contribution in [0.3, 0.4) is 0 Å². The van der Waals surface area contributed by atoms with Crippen LogP contribution in [-0.2, 0) is 6.54 Å². The van der Waals surface area contributed by atoms with E-state index in [1.807, 2.05) is 0 Å². The Morgan fingerprint density at radius 2 is 2.00 bits per heavy atom. The van der Waals surface area contributed by atoms with Crippen molar-refractivity contribution in [3.63, 3.8) is 0 Å². The molecule has 1 aromatic heterocycles. The van der Waals surface area contributed by atoms with E-state index in [9.17, 15) is 0 Å². The Morgan fingerprint density at radius 3 is 2.53 bits per heavy atom. The van der Waals surface area contributed by atoms with Crippen LogP contribution in [0, 0.1) is 6.92 Å². The number of nitrogens with one attached hydrogen (secondary N) is 1. The first kappa shape index (κ1) is 14.3. The SMILES string of the molecule is CCC(CC)N(C)c1ccc(CNC2CC2)c(C)n1. The number of aromatic nitrogens is 1. The van der Waals surface area contributed by atoms with Crippen molar-refractivity contribution < 1.29 is 0 Å². The minimum absolute atomic E-state index is 0.585. The second kappa shape index (κ2) is 6.38. The Morgan fingerprint density at radius 1 is 1.32 bits per heavy atom. The van der Waals surface area contributed by atoms with E-state index in [2.05, 4.69) is 50.2 Å². The molecular formula is C16H27N3. The smallest absolute Gasteiger partial charge is 0.128 e. The predicted octanol–water partition coefficient (Wildman–Crippen LogP) is 3.27. The molecule has 3 heteroatoms. The van der Waals surface area contributed by atoms with Crippen molar-refractivity contribution >= 4 is 5.82 Å². The van der Waals surface area contributed by atoms with E-state index in [-0.39, 0.29) is 0 Å². The zero-order valence-electron chi connectivity index (χ0n) is 12.7. The molecule has 0 amide bonds. The van der Waals surface area contributed by atoms with Gasteiger partial charge in [0.1, 0.15) is 5.82 Å². The van der Waals surface area contributed by atoms with Gasteiger partial charge >= 0.3 is 0 Å². The molecule has 1 N–H and O–H groups in total. The van der Waals surface area contributed by atoms with Crippen molar-refractivity contribution in [2.45, 2.75) is 65.1 Å². The lowest BCUT2D eigenvalue weighted by Crippen LogP contribution is -2.31. The molecule has 1 saturated carbocycles. The minimum atomic E-state index is 0.585. The van der Waals surface area contributed by atoms with E-state index < -0.39 is 0 Å². The fourth-order valence-electron chi connectivity index (χ4n) is 2.53. The van der Waals surface area contributed by atoms with Gasteiger partial charge in [0.25, 0.3) is 0 Å². The van der Waals surface area contributed by atoms with Crippen LogP contribution in [0.15, 0.2) is 12.1 Å². The van der Waals surface area contributed by atoms with Crippen LogP contribution in [0.2, 0.25) is 0 Å². The van der Waals surface area contributed by atoms with Crippen LogP contribution in [0.25, 0.3) is 0 Å². The van der Waals surface area contributed by atoms with E-state index >= 15 is 0 Å². The molecule has 0 spiro atoms. The molecule has 0 radical (unpaired) electrons. The highest BCUT2D eigenvalue weighted by Gasteiger charge is 2.20. The minimum Gasteiger partial charge on any atom is -0.357 e. The Labute approximate surface area is 117 Å². The molecule has 19 heavy (non-hydrogen) atoms. The Hall–Kier alpha value is -1.09. The van der Waals surface area contributed by atoms with E-state index in [0.717, 1.165) is 24.1 Å². The average molecular weight is 261 g/mol. The molecule has 106 valence electrons. The van der Waals surface area contributed by atoms with Gasteiger partial charge in [0.2, 0.25) is 0 Å². The van der Waals surface area contributed by atoms with Gasteiger partial charge in [-0.3, -0.25) is 0 Å². The molecule has 1 aliphatic carbocycles. The molecule has 0 saturated heterocycles. The van der Waals surface area contributed by atoms with Crippen LogP contribution >= 0.6 is 0 Å². The van der Waals surface area contributed by atoms with Gasteiger partial charge in [0, 0.05) is 31.4 Å². The number of hydrogen-bond donors (Lipinski definition) is 1. The molecule has 0 bridgehead atoms. The highest BCUT2D eigenvalue weighted by molar-refractivity contribution is 5.42. The molecule has 0 unspecified atom stereocenters. The van der Waals surface area contributed by atoms with Gasteiger partial charge in [-0.15, -0.1) is 0 Å². The Bertz CT molecular complexity index is 408. The molecule has 3 nitrogen and oxygen atoms in total. The summed E-state index contributed by atoms with van der Waals surface area (Å²) in [6.45, 7) is 7.56. The van der Waals surface area contributed by atoms with Crippen LogP contribution in [0.5, 0.6) is 0 Å². The molecule has 0 aliphatic heterocycles. The van der Waals surface area contributed by atoms with Gasteiger partial charge in [-0.05, 0) is 44.2 Å². The summed E-state index contributed by atoms with van der Waals surface area (Å²) in [7, 11) is 2.15. The Balaban J connectivity index is 2.03. The van der Waals surface area contributed by atoms with Crippen molar-refractivity contribution in [3.05, 3.63) is 23.4 Å². The summed E-state index contributed by atoms with van der Waals surface area (Å²) >= 11 is 0. The Kier molecular flexibility index (Phi) is 4.81. The second-order valence-electron chi connectivity index (χ2n) is 5.65. The van der Waals surface area contributed by atoms with E-state index in [1.165, 1.54) is 31.2 Å². The van der Waals surface area contributed by atoms with Crippen LogP contribution in [-0.4, -0.2) is 24.1 Å². The molecule has 1 aliphatic rings. The molecule has 2 rings (SSSR count). The van der Waals surface area contributed by atoms with Crippen molar-refractivity contribution in [2.75, 3.05) is 11.9 Å². The molecule has 0 aromatic carbocycles. The van der Waals surface area contributed by atoms with Crippen molar-refractivity contribution in [2.24, 2.45) is 0 Å². The van der Waals surface area contributed by atoms with Gasteiger partial charge in [0.15, 0.2) is 0 Å². The van der Waals surface area contributed by atoms with E-state index in [0.29, 0.717) is 6.04 Å². The maximum absolute atomic E-state index is 4.77. The van der Waals surface area contributed by atoms with E-state index in [4.69, 9.17) is 4.98 Å². The van der Waals surface area contributed by atoms with Gasteiger partial charge in [0.05, 0.1) is 0 Å². The highest BCUT2D eigenvalue weighted by atomic mass is 15.2. The zero-order valence-corrected chi connectivity index (χ0v) is 12.7. The second-order valence-corrected chi connectivity index (χ2v) is 5.65. The predicted molar refractivity (Wildman–Crippen MR) is 81.6 cm³/mol. The summed E-state index contributed by atoms with van der Waals surface area (Å²) in [6, 6.07) is 5.73. The van der Waals surface area contributed by atoms with Gasteiger partial charge in [-0.1, -0.05) is 19.9 Å². The number of aryl methyl sites for hydroxylation is 1. The van der Waals surface area contributed by atoms with Gasteiger partial charge < -0.3 is 10.2 Å². The van der Waals surface area contributed by atoms with E-state index in [1.54, 1.807) is 0 Å². The molecule has 1 heterocycles. The summed E-state index contributed by atoms with van der Waals surface area (Å²) in [5.41, 5.74) is 2.48. The maximum Gasteiger partial charge on any atom is 0.128 e. The summed E-state index contributed by atoms with van der Waals surface area (Å²) < 4.78 is 0. The normalized spacial score (nSPS) is 15.0. The van der Waals surface area contributed by atoms with Crippen molar-refractivity contribution in [3.8, 4) is 0 Å². The lowest BCUT2D eigenvalue weighted by molar-refractivity contribution is 0.586. The number of hydrogen-bond acceptors (Lipinski definition) is 3. The first-order valence-corrected chi connectivity index (χ1v) is 7.58. The van der Waals surface area contributed by atoms with Gasteiger partial charge in [-0.25, -0.2) is 4.98 Å². The maximum atomic E-state index is 4.77. The first-order valence-electron chi connectivity index (χ1n) is 7.58. The summed E-state index contributed by atoms with van der Waals surface area (Å²) in [6.07, 6.45) is 5.00.